The highest BCUT2D eigenvalue weighted by Gasteiger charge is 2.15. The van der Waals surface area contributed by atoms with Crippen molar-refractivity contribution in [1.29, 1.82) is 0 Å². The average Bonchev–Trinajstić information content (AvgIpc) is 2.38. The molecular weight excluding hydrogens is 204 g/mol. The Bertz CT molecular complexity index is 751. The summed E-state index contributed by atoms with van der Waals surface area (Å²) in [6.45, 7) is 2.24. The van der Waals surface area contributed by atoms with Crippen LogP contribution in [-0.4, -0.2) is 0 Å². The number of hydrogen-bond donors (Lipinski definition) is 0. The number of benzene rings is 3. The van der Waals surface area contributed by atoms with E-state index in [9.17, 15) is 0 Å². The average molecular weight is 218 g/mol. The molecule has 0 N–H and O–H groups in total. The zero-order valence-corrected chi connectivity index (χ0v) is 9.96. The van der Waals surface area contributed by atoms with Gasteiger partial charge in [-0.25, -0.2) is 0 Å². The highest BCUT2D eigenvalue weighted by molar-refractivity contribution is 6.11. The van der Waals surface area contributed by atoms with E-state index in [4.69, 9.17) is 0 Å². The van der Waals surface area contributed by atoms with Gasteiger partial charge in [-0.05, 0) is 58.0 Å². The second kappa shape index (κ2) is 3.10. The van der Waals surface area contributed by atoms with Crippen LogP contribution in [0, 0.1) is 6.92 Å². The van der Waals surface area contributed by atoms with Crippen LogP contribution >= 0.6 is 0 Å². The zero-order chi connectivity index (χ0) is 11.4. The van der Waals surface area contributed by atoms with Gasteiger partial charge in [0, 0.05) is 0 Å². The Morgan fingerprint density at radius 3 is 2.41 bits per heavy atom. The molecule has 0 atom stereocenters. The lowest BCUT2D eigenvalue weighted by atomic mass is 9.84. The first kappa shape index (κ1) is 9.23. The molecule has 0 amide bonds. The minimum Gasteiger partial charge on any atom is -0.0614 e. The maximum absolute atomic E-state index is 2.28. The van der Waals surface area contributed by atoms with Crippen LogP contribution in [0.1, 0.15) is 16.7 Å². The lowest BCUT2D eigenvalue weighted by Crippen LogP contribution is -2.02. The minimum atomic E-state index is 1.19. The summed E-state index contributed by atoms with van der Waals surface area (Å²) < 4.78 is 0. The molecule has 82 valence electrons. The molecule has 17 heavy (non-hydrogen) atoms. The second-order valence-corrected chi connectivity index (χ2v) is 5.04. The molecule has 3 aromatic rings. The third-order valence-electron chi connectivity index (χ3n) is 4.10. The van der Waals surface area contributed by atoms with Crippen molar-refractivity contribution in [2.75, 3.05) is 0 Å². The molecule has 0 heterocycles. The van der Waals surface area contributed by atoms with Crippen LogP contribution in [-0.2, 0) is 12.8 Å². The topological polar surface area (TPSA) is 0 Å². The summed E-state index contributed by atoms with van der Waals surface area (Å²) in [7, 11) is 0. The quantitative estimate of drug-likeness (QED) is 0.491. The molecule has 4 rings (SSSR count). The lowest BCUT2D eigenvalue weighted by Gasteiger charge is -2.20. The molecule has 0 unspecified atom stereocenters. The molecule has 0 radical (unpaired) electrons. The molecule has 0 spiro atoms. The predicted octanol–water partition coefficient (Wildman–Crippen LogP) is 4.40. The molecule has 0 aromatic heterocycles. The standard InChI is InChI=1S/C17H14/c1-11-5-6-14-8-7-12-3-2-4-13-9-10-15(11)17(14)16(12)13/h2-8H,9-10H2,1H3. The Morgan fingerprint density at radius 2 is 1.53 bits per heavy atom. The van der Waals surface area contributed by atoms with Crippen molar-refractivity contribution in [3.63, 3.8) is 0 Å². The second-order valence-electron chi connectivity index (χ2n) is 5.04. The molecule has 0 fully saturated rings. The van der Waals surface area contributed by atoms with Gasteiger partial charge in [0.2, 0.25) is 0 Å². The largest absolute Gasteiger partial charge is 0.0614 e. The zero-order valence-electron chi connectivity index (χ0n) is 9.96. The van der Waals surface area contributed by atoms with Crippen molar-refractivity contribution in [3.05, 3.63) is 59.2 Å². The molecule has 0 saturated carbocycles. The Morgan fingerprint density at radius 1 is 0.765 bits per heavy atom. The maximum Gasteiger partial charge on any atom is -0.00678 e. The Hall–Kier alpha value is -1.82. The van der Waals surface area contributed by atoms with E-state index in [1.807, 2.05) is 0 Å². The van der Waals surface area contributed by atoms with Gasteiger partial charge < -0.3 is 0 Å². The molecule has 0 aliphatic heterocycles. The molecule has 0 nitrogen and oxygen atoms in total. The summed E-state index contributed by atoms with van der Waals surface area (Å²) in [6, 6.07) is 15.7. The molecule has 0 heteroatoms. The van der Waals surface area contributed by atoms with E-state index in [0.29, 0.717) is 0 Å². The van der Waals surface area contributed by atoms with Gasteiger partial charge >= 0.3 is 0 Å². The molecular formula is C17H14. The van der Waals surface area contributed by atoms with Crippen LogP contribution in [0.25, 0.3) is 21.5 Å². The van der Waals surface area contributed by atoms with Gasteiger partial charge in [-0.3, -0.25) is 0 Å². The van der Waals surface area contributed by atoms with Crippen LogP contribution in [0.2, 0.25) is 0 Å². The Balaban J connectivity index is 2.39. The Kier molecular flexibility index (Phi) is 1.69. The van der Waals surface area contributed by atoms with Crippen molar-refractivity contribution in [2.45, 2.75) is 19.8 Å². The van der Waals surface area contributed by atoms with E-state index in [-0.39, 0.29) is 0 Å². The van der Waals surface area contributed by atoms with Crippen LogP contribution in [0.15, 0.2) is 42.5 Å². The van der Waals surface area contributed by atoms with E-state index in [1.165, 1.54) is 45.5 Å². The highest BCUT2D eigenvalue weighted by atomic mass is 14.2. The lowest BCUT2D eigenvalue weighted by molar-refractivity contribution is 0.957. The predicted molar refractivity (Wildman–Crippen MR) is 73.6 cm³/mol. The Labute approximate surface area is 101 Å². The van der Waals surface area contributed by atoms with E-state index >= 15 is 0 Å². The SMILES string of the molecule is Cc1ccc2ccc3cccc4c3c2c1CC4. The van der Waals surface area contributed by atoms with Crippen molar-refractivity contribution in [3.8, 4) is 0 Å². The van der Waals surface area contributed by atoms with Crippen LogP contribution < -0.4 is 0 Å². The minimum absolute atomic E-state index is 1.19. The van der Waals surface area contributed by atoms with Crippen molar-refractivity contribution in [2.24, 2.45) is 0 Å². The first-order valence-electron chi connectivity index (χ1n) is 6.27. The van der Waals surface area contributed by atoms with Gasteiger partial charge in [-0.1, -0.05) is 42.5 Å². The summed E-state index contributed by atoms with van der Waals surface area (Å²) in [5.74, 6) is 0. The van der Waals surface area contributed by atoms with E-state index < -0.39 is 0 Å². The summed E-state index contributed by atoms with van der Waals surface area (Å²) in [5, 5.41) is 5.78. The molecule has 1 aliphatic carbocycles. The van der Waals surface area contributed by atoms with Crippen LogP contribution in [0.3, 0.4) is 0 Å². The number of hydrogen-bond acceptors (Lipinski definition) is 0. The van der Waals surface area contributed by atoms with E-state index in [0.717, 1.165) is 0 Å². The van der Waals surface area contributed by atoms with E-state index in [1.54, 1.807) is 5.56 Å². The molecule has 1 aliphatic rings. The fourth-order valence-corrected chi connectivity index (χ4v) is 3.24. The van der Waals surface area contributed by atoms with Gasteiger partial charge in [-0.15, -0.1) is 0 Å². The summed E-state index contributed by atoms with van der Waals surface area (Å²) in [5.41, 5.74) is 4.53. The van der Waals surface area contributed by atoms with Gasteiger partial charge in [0.1, 0.15) is 0 Å². The highest BCUT2D eigenvalue weighted by Crippen LogP contribution is 2.36. The summed E-state index contributed by atoms with van der Waals surface area (Å²) in [4.78, 5) is 0. The van der Waals surface area contributed by atoms with E-state index in [2.05, 4.69) is 49.4 Å². The van der Waals surface area contributed by atoms with Gasteiger partial charge in [0.15, 0.2) is 0 Å². The fourth-order valence-electron chi connectivity index (χ4n) is 3.24. The van der Waals surface area contributed by atoms with Crippen molar-refractivity contribution < 1.29 is 0 Å². The number of rotatable bonds is 0. The smallest absolute Gasteiger partial charge is 0.00678 e. The first-order valence-corrected chi connectivity index (χ1v) is 6.27. The maximum atomic E-state index is 2.28. The third-order valence-corrected chi connectivity index (χ3v) is 4.10. The fraction of sp³-hybridized carbons (Fsp3) is 0.176. The van der Waals surface area contributed by atoms with Gasteiger partial charge in [0.25, 0.3) is 0 Å². The van der Waals surface area contributed by atoms with Crippen LogP contribution in [0.4, 0.5) is 0 Å². The summed E-state index contributed by atoms with van der Waals surface area (Å²) in [6.07, 6.45) is 2.38. The molecule has 3 aromatic carbocycles. The third kappa shape index (κ3) is 1.13. The van der Waals surface area contributed by atoms with Crippen molar-refractivity contribution in [1.82, 2.24) is 0 Å². The van der Waals surface area contributed by atoms with Gasteiger partial charge in [-0.2, -0.15) is 0 Å². The molecule has 0 bridgehead atoms. The number of aryl methyl sites for hydroxylation is 3. The van der Waals surface area contributed by atoms with Crippen LogP contribution in [0.5, 0.6) is 0 Å². The first-order chi connectivity index (χ1) is 8.34. The monoisotopic (exact) mass is 218 g/mol. The molecule has 0 saturated heterocycles. The van der Waals surface area contributed by atoms with Gasteiger partial charge in [0.05, 0.1) is 0 Å². The summed E-state index contributed by atoms with van der Waals surface area (Å²) >= 11 is 0. The normalized spacial score (nSPS) is 13.7. The van der Waals surface area contributed by atoms with Crippen molar-refractivity contribution >= 4 is 21.5 Å².